The Bertz CT molecular complexity index is 1210. The summed E-state index contributed by atoms with van der Waals surface area (Å²) in [7, 11) is 0. The van der Waals surface area contributed by atoms with Crippen LogP contribution in [-0.2, 0) is 20.8 Å². The third-order valence-electron chi connectivity index (χ3n) is 6.04. The molecule has 0 bridgehead atoms. The minimum Gasteiger partial charge on any atom is -0.350 e. The molecule has 0 aliphatic carbocycles. The Morgan fingerprint density at radius 2 is 1.94 bits per heavy atom. The summed E-state index contributed by atoms with van der Waals surface area (Å²) in [5, 5.41) is 9.70. The van der Waals surface area contributed by atoms with E-state index in [2.05, 4.69) is 16.8 Å². The van der Waals surface area contributed by atoms with Crippen LogP contribution in [0.5, 0.6) is 0 Å². The Morgan fingerprint density at radius 3 is 2.69 bits per heavy atom. The molecule has 2 aliphatic heterocycles. The Morgan fingerprint density at radius 1 is 1.19 bits per heavy atom. The molecule has 168 valence electrons. The lowest BCUT2D eigenvalue weighted by molar-refractivity contribution is -0.134. The van der Waals surface area contributed by atoms with E-state index in [0.717, 1.165) is 18.4 Å². The highest BCUT2D eigenvalue weighted by atomic mass is 32.2. The summed E-state index contributed by atoms with van der Waals surface area (Å²) in [5.41, 5.74) is 0.594. The zero-order valence-corrected chi connectivity index (χ0v) is 18.5. The summed E-state index contributed by atoms with van der Waals surface area (Å²) in [4.78, 5) is 27.6. The number of hydrogen-bond donors (Lipinski definition) is 0. The summed E-state index contributed by atoms with van der Waals surface area (Å²) in [6.07, 6.45) is 3.30. The number of benzene rings is 1. The van der Waals surface area contributed by atoms with Gasteiger partial charge in [0, 0.05) is 25.6 Å². The topological polar surface area (TPSA) is 91.0 Å². The Labute approximate surface area is 189 Å². The van der Waals surface area contributed by atoms with Gasteiger partial charge in [-0.1, -0.05) is 30.0 Å². The second-order valence-corrected chi connectivity index (χ2v) is 8.90. The van der Waals surface area contributed by atoms with Gasteiger partial charge in [-0.05, 0) is 25.0 Å². The van der Waals surface area contributed by atoms with Crippen molar-refractivity contribution in [2.24, 2.45) is 5.92 Å². The van der Waals surface area contributed by atoms with Crippen LogP contribution in [0.3, 0.4) is 0 Å². The highest BCUT2D eigenvalue weighted by Gasteiger charge is 2.31. The fourth-order valence-electron chi connectivity index (χ4n) is 4.41. The van der Waals surface area contributed by atoms with E-state index in [9.17, 15) is 9.59 Å². The van der Waals surface area contributed by atoms with Gasteiger partial charge in [0.25, 0.3) is 5.56 Å². The lowest BCUT2D eigenvalue weighted by atomic mass is 9.96. The zero-order chi connectivity index (χ0) is 22.1. The van der Waals surface area contributed by atoms with Crippen molar-refractivity contribution in [3.63, 3.8) is 0 Å². The molecule has 0 spiro atoms. The van der Waals surface area contributed by atoms with Crippen molar-refractivity contribution >= 4 is 34.3 Å². The van der Waals surface area contributed by atoms with Crippen molar-refractivity contribution in [1.82, 2.24) is 24.1 Å². The fourth-order valence-corrected chi connectivity index (χ4v) is 5.25. The maximum atomic E-state index is 12.9. The largest absolute Gasteiger partial charge is 0.350 e. The minimum atomic E-state index is -0.133. The third kappa shape index (κ3) is 3.82. The molecule has 5 rings (SSSR count). The molecular weight excluding hydrogens is 430 g/mol. The highest BCUT2D eigenvalue weighted by Crippen LogP contribution is 2.27. The predicted molar refractivity (Wildman–Crippen MR) is 121 cm³/mol. The number of allylic oxidation sites excluding steroid dienone is 1. The Kier molecular flexibility index (Phi) is 5.99. The van der Waals surface area contributed by atoms with Crippen molar-refractivity contribution in [3.05, 3.63) is 47.3 Å². The number of ether oxygens (including phenoxy) is 2. The Hall–Kier alpha value is -2.69. The number of aromatic nitrogens is 4. The van der Waals surface area contributed by atoms with Crippen LogP contribution in [0.25, 0.3) is 16.7 Å². The van der Waals surface area contributed by atoms with E-state index in [1.807, 2.05) is 27.5 Å². The smallest absolute Gasteiger partial charge is 0.263 e. The number of thioether (sulfide) groups is 1. The maximum absolute atomic E-state index is 12.9. The van der Waals surface area contributed by atoms with Crippen LogP contribution < -0.4 is 5.56 Å². The number of hydrogen-bond acceptors (Lipinski definition) is 7. The summed E-state index contributed by atoms with van der Waals surface area (Å²) in [6.45, 7) is 6.79. The normalized spacial score (nSPS) is 18.1. The fraction of sp³-hybridized carbons (Fsp3) is 0.455. The van der Waals surface area contributed by atoms with Gasteiger partial charge in [-0.15, -0.1) is 16.8 Å². The predicted octanol–water partition coefficient (Wildman–Crippen LogP) is 1.93. The van der Waals surface area contributed by atoms with Gasteiger partial charge in [0.1, 0.15) is 0 Å². The molecule has 4 heterocycles. The molecular formula is C22H25N5O4S. The molecule has 2 saturated heterocycles. The molecule has 0 N–H and O–H groups in total. The molecule has 0 saturated carbocycles. The molecule has 0 radical (unpaired) electrons. The van der Waals surface area contributed by atoms with Crippen LogP contribution in [0.4, 0.5) is 0 Å². The van der Waals surface area contributed by atoms with E-state index in [1.54, 1.807) is 16.7 Å². The first kappa shape index (κ1) is 21.2. The quantitative estimate of drug-likeness (QED) is 0.414. The molecule has 32 heavy (non-hydrogen) atoms. The van der Waals surface area contributed by atoms with Gasteiger partial charge in [0.15, 0.2) is 11.4 Å². The molecule has 9 nitrogen and oxygen atoms in total. The van der Waals surface area contributed by atoms with Gasteiger partial charge < -0.3 is 14.4 Å². The van der Waals surface area contributed by atoms with Crippen molar-refractivity contribution in [1.29, 1.82) is 0 Å². The average molecular weight is 456 g/mol. The van der Waals surface area contributed by atoms with Crippen LogP contribution in [0.2, 0.25) is 0 Å². The molecule has 2 aliphatic rings. The van der Waals surface area contributed by atoms with Crippen molar-refractivity contribution < 1.29 is 14.3 Å². The molecule has 3 aromatic rings. The highest BCUT2D eigenvalue weighted by molar-refractivity contribution is 7.99. The average Bonchev–Trinajstić information content (AvgIpc) is 3.51. The van der Waals surface area contributed by atoms with Crippen LogP contribution >= 0.6 is 11.8 Å². The first-order valence-electron chi connectivity index (χ1n) is 10.8. The number of nitrogens with zero attached hydrogens (tertiary/aromatic N) is 5. The van der Waals surface area contributed by atoms with E-state index < -0.39 is 0 Å². The van der Waals surface area contributed by atoms with Crippen LogP contribution in [-0.4, -0.2) is 68.3 Å². The number of likely N-dealkylation sites (tertiary alicyclic amines) is 1. The summed E-state index contributed by atoms with van der Waals surface area (Å²) in [6, 6.07) is 7.37. The molecule has 10 heteroatoms. The summed E-state index contributed by atoms with van der Waals surface area (Å²) >= 11 is 1.34. The molecule has 1 amide bonds. The van der Waals surface area contributed by atoms with Crippen LogP contribution in [0, 0.1) is 5.92 Å². The van der Waals surface area contributed by atoms with Gasteiger partial charge >= 0.3 is 0 Å². The molecule has 1 aromatic carbocycles. The number of piperidine rings is 1. The van der Waals surface area contributed by atoms with Crippen molar-refractivity contribution in [3.8, 4) is 0 Å². The summed E-state index contributed by atoms with van der Waals surface area (Å²) in [5.74, 6) is 1.13. The first-order valence-corrected chi connectivity index (χ1v) is 11.8. The van der Waals surface area contributed by atoms with E-state index in [0.29, 0.717) is 55.1 Å². The molecule has 0 unspecified atom stereocenters. The monoisotopic (exact) mass is 455 g/mol. The lowest BCUT2D eigenvalue weighted by Gasteiger charge is -2.33. The number of para-hydroxylation sites is 1. The van der Waals surface area contributed by atoms with Crippen molar-refractivity contribution in [2.75, 3.05) is 32.1 Å². The van der Waals surface area contributed by atoms with Crippen LogP contribution in [0.15, 0.2) is 46.9 Å². The molecule has 2 fully saturated rings. The number of carbonyl (C=O) groups excluding carboxylic acids is 1. The van der Waals surface area contributed by atoms with Crippen LogP contribution in [0.1, 0.15) is 12.8 Å². The number of fused-ring (bicyclic) bond motifs is 3. The van der Waals surface area contributed by atoms with E-state index in [1.165, 1.54) is 11.8 Å². The maximum Gasteiger partial charge on any atom is 0.263 e. The molecule has 0 atom stereocenters. The van der Waals surface area contributed by atoms with Gasteiger partial charge in [-0.25, -0.2) is 0 Å². The third-order valence-corrected chi connectivity index (χ3v) is 6.95. The second-order valence-electron chi connectivity index (χ2n) is 7.96. The summed E-state index contributed by atoms with van der Waals surface area (Å²) < 4.78 is 14.6. The van der Waals surface area contributed by atoms with E-state index >= 15 is 0 Å². The number of carbonyl (C=O) groups is 1. The molecule has 2 aromatic heterocycles. The standard InChI is InChI=1S/C22H25N5O4S/c1-2-9-26-19(29)16-5-3-4-6-17(16)27-21(26)23-24-22(27)32-14-18(28)25-10-7-15(8-11-25)20-30-12-13-31-20/h2-6,15,20H,1,7-14H2. The first-order chi connectivity index (χ1) is 15.7. The second kappa shape index (κ2) is 9.05. The van der Waals surface area contributed by atoms with E-state index in [4.69, 9.17) is 9.47 Å². The van der Waals surface area contributed by atoms with Gasteiger partial charge in [-0.3, -0.25) is 18.6 Å². The lowest BCUT2D eigenvalue weighted by Crippen LogP contribution is -2.42. The number of amides is 1. The van der Waals surface area contributed by atoms with E-state index in [-0.39, 0.29) is 23.5 Å². The number of rotatable bonds is 6. The van der Waals surface area contributed by atoms with Gasteiger partial charge in [-0.2, -0.15) is 0 Å². The van der Waals surface area contributed by atoms with Gasteiger partial charge in [0.2, 0.25) is 11.7 Å². The SMILES string of the molecule is C=CCn1c(=O)c2ccccc2n2c(SCC(=O)N3CCC(C4OCCO4)CC3)nnc12. The zero-order valence-electron chi connectivity index (χ0n) is 17.7. The van der Waals surface area contributed by atoms with Crippen molar-refractivity contribution in [2.45, 2.75) is 30.8 Å². The Balaban J connectivity index is 1.33. The van der Waals surface area contributed by atoms with Gasteiger partial charge in [0.05, 0.1) is 29.9 Å². The minimum absolute atomic E-state index is 0.0715.